The summed E-state index contributed by atoms with van der Waals surface area (Å²) in [5.41, 5.74) is 8.55. The van der Waals surface area contributed by atoms with Gasteiger partial charge in [-0.05, 0) is 28.0 Å². The number of benzene rings is 3. The van der Waals surface area contributed by atoms with Crippen molar-refractivity contribution in [3.63, 3.8) is 0 Å². The maximum absolute atomic E-state index is 5.25. The van der Waals surface area contributed by atoms with Crippen LogP contribution >= 0.6 is 0 Å². The van der Waals surface area contributed by atoms with Crippen LogP contribution in [0.25, 0.3) is 33.5 Å². The van der Waals surface area contributed by atoms with Gasteiger partial charge in [0.15, 0.2) is 0 Å². The smallest absolute Gasteiger partial charge is 0.0973 e. The highest BCUT2D eigenvalue weighted by Crippen LogP contribution is 2.37. The number of fused-ring (bicyclic) bond motifs is 1. The van der Waals surface area contributed by atoms with Crippen molar-refractivity contribution in [1.82, 2.24) is 9.97 Å². The summed E-state index contributed by atoms with van der Waals surface area (Å²) >= 11 is 0. The van der Waals surface area contributed by atoms with E-state index in [2.05, 4.69) is 102 Å². The molecule has 0 amide bonds. The molecule has 0 unspecified atom stereocenters. The maximum Gasteiger partial charge on any atom is 0.0973 e. The van der Waals surface area contributed by atoms with E-state index in [1.165, 1.54) is 11.1 Å². The Hall–Kier alpha value is -3.00. The molecule has 0 bridgehead atoms. The molecule has 3 aromatic carbocycles. The zero-order chi connectivity index (χ0) is 21.5. The molecule has 0 aliphatic rings. The van der Waals surface area contributed by atoms with Gasteiger partial charge in [-0.25, -0.2) is 9.97 Å². The summed E-state index contributed by atoms with van der Waals surface area (Å²) in [6.45, 7) is 13.5. The van der Waals surface area contributed by atoms with Crippen LogP contribution in [-0.4, -0.2) is 9.97 Å². The van der Waals surface area contributed by atoms with Gasteiger partial charge in [-0.3, -0.25) is 0 Å². The third kappa shape index (κ3) is 3.87. The first-order valence-corrected chi connectivity index (χ1v) is 10.6. The van der Waals surface area contributed by atoms with Crippen molar-refractivity contribution in [2.24, 2.45) is 0 Å². The van der Waals surface area contributed by atoms with Gasteiger partial charge >= 0.3 is 0 Å². The van der Waals surface area contributed by atoms with Gasteiger partial charge in [0.05, 0.1) is 22.4 Å². The Bertz CT molecular complexity index is 1180. The summed E-state index contributed by atoms with van der Waals surface area (Å²) in [4.78, 5) is 10.5. The van der Waals surface area contributed by atoms with Gasteiger partial charge < -0.3 is 0 Å². The molecule has 0 aliphatic heterocycles. The fourth-order valence-corrected chi connectivity index (χ4v) is 3.76. The summed E-state index contributed by atoms with van der Waals surface area (Å²) in [5, 5.41) is 0. The number of aromatic nitrogens is 2. The molecule has 2 nitrogen and oxygen atoms in total. The predicted octanol–water partition coefficient (Wildman–Crippen LogP) is 7.56. The second-order valence-corrected chi connectivity index (χ2v) is 10.0. The highest BCUT2D eigenvalue weighted by Gasteiger charge is 2.25. The highest BCUT2D eigenvalue weighted by molar-refractivity contribution is 5.88. The van der Waals surface area contributed by atoms with Crippen molar-refractivity contribution < 1.29 is 0 Å². The minimum absolute atomic E-state index is 0.0313. The van der Waals surface area contributed by atoms with Crippen LogP contribution in [0.3, 0.4) is 0 Å². The Labute approximate surface area is 180 Å². The normalized spacial score (nSPS) is 12.3. The lowest BCUT2D eigenvalue weighted by molar-refractivity contribution is 0.572. The third-order valence-corrected chi connectivity index (χ3v) is 5.54. The first kappa shape index (κ1) is 20.3. The largest absolute Gasteiger partial charge is 0.244 e. The summed E-state index contributed by atoms with van der Waals surface area (Å²) in [6.07, 6.45) is 0. The first-order chi connectivity index (χ1) is 14.1. The molecule has 2 heteroatoms. The quantitative estimate of drug-likeness (QED) is 0.350. The molecule has 4 rings (SSSR count). The lowest BCUT2D eigenvalue weighted by Crippen LogP contribution is -2.17. The molecule has 0 atom stereocenters. The molecule has 0 saturated heterocycles. The fraction of sp³-hybridized carbons (Fsp3) is 0.286. The van der Waals surface area contributed by atoms with Crippen molar-refractivity contribution in [1.29, 1.82) is 0 Å². The van der Waals surface area contributed by atoms with Gasteiger partial charge in [-0.2, -0.15) is 0 Å². The van der Waals surface area contributed by atoms with E-state index in [0.29, 0.717) is 0 Å². The van der Waals surface area contributed by atoms with E-state index in [1.807, 2.05) is 12.1 Å². The number of nitrogens with zero attached hydrogens (tertiary/aromatic N) is 2. The zero-order valence-corrected chi connectivity index (χ0v) is 18.8. The summed E-state index contributed by atoms with van der Waals surface area (Å²) in [6, 6.07) is 25.3. The monoisotopic (exact) mass is 394 g/mol. The molecule has 1 aromatic heterocycles. The van der Waals surface area contributed by atoms with E-state index in [9.17, 15) is 0 Å². The van der Waals surface area contributed by atoms with Crippen LogP contribution in [-0.2, 0) is 10.8 Å². The van der Waals surface area contributed by atoms with E-state index >= 15 is 0 Å². The van der Waals surface area contributed by atoms with Crippen LogP contribution in [0.2, 0.25) is 0 Å². The molecule has 1 heterocycles. The second kappa shape index (κ2) is 7.36. The summed E-state index contributed by atoms with van der Waals surface area (Å²) in [5.74, 6) is 0. The van der Waals surface area contributed by atoms with Crippen molar-refractivity contribution in [2.75, 3.05) is 0 Å². The minimum Gasteiger partial charge on any atom is -0.244 e. The molecule has 0 fully saturated rings. The molecule has 0 radical (unpaired) electrons. The van der Waals surface area contributed by atoms with E-state index in [-0.39, 0.29) is 10.8 Å². The van der Waals surface area contributed by atoms with Crippen LogP contribution in [0.5, 0.6) is 0 Å². The first-order valence-electron chi connectivity index (χ1n) is 10.6. The fourth-order valence-electron chi connectivity index (χ4n) is 3.76. The van der Waals surface area contributed by atoms with Crippen LogP contribution in [0.4, 0.5) is 0 Å². The predicted molar refractivity (Wildman–Crippen MR) is 128 cm³/mol. The number of rotatable bonds is 2. The van der Waals surface area contributed by atoms with E-state index in [1.54, 1.807) is 0 Å². The van der Waals surface area contributed by atoms with Crippen LogP contribution in [0, 0.1) is 0 Å². The van der Waals surface area contributed by atoms with Crippen LogP contribution in [0.15, 0.2) is 72.8 Å². The third-order valence-electron chi connectivity index (χ3n) is 5.54. The van der Waals surface area contributed by atoms with Crippen molar-refractivity contribution in [3.05, 3.63) is 83.9 Å². The Morgan fingerprint density at radius 1 is 0.567 bits per heavy atom. The van der Waals surface area contributed by atoms with Gasteiger partial charge in [0.25, 0.3) is 0 Å². The van der Waals surface area contributed by atoms with Gasteiger partial charge in [-0.15, -0.1) is 0 Å². The Kier molecular flexibility index (Phi) is 4.97. The number of hydrogen-bond acceptors (Lipinski definition) is 2. The van der Waals surface area contributed by atoms with Crippen molar-refractivity contribution in [2.45, 2.75) is 52.4 Å². The molecule has 152 valence electrons. The maximum atomic E-state index is 5.25. The molecule has 0 aliphatic carbocycles. The van der Waals surface area contributed by atoms with E-state index in [4.69, 9.17) is 9.97 Å². The number of hydrogen-bond donors (Lipinski definition) is 0. The van der Waals surface area contributed by atoms with Gasteiger partial charge in [-0.1, -0.05) is 108 Å². The standard InChI is InChI=1S/C28H30N2/c1-27(2,3)21-17-22(28(4,5)6)26-23(18-21)29-24(19-13-9-7-10-14-19)25(30-26)20-15-11-8-12-16-20/h7-18H,1-6H3. The summed E-state index contributed by atoms with van der Waals surface area (Å²) < 4.78 is 0. The highest BCUT2D eigenvalue weighted by atomic mass is 14.8. The van der Waals surface area contributed by atoms with Crippen LogP contribution < -0.4 is 0 Å². The molecular weight excluding hydrogens is 364 g/mol. The van der Waals surface area contributed by atoms with Gasteiger partial charge in [0, 0.05) is 11.1 Å². The molecule has 4 aromatic rings. The van der Waals surface area contributed by atoms with Crippen molar-refractivity contribution in [3.8, 4) is 22.5 Å². The average molecular weight is 395 g/mol. The zero-order valence-electron chi connectivity index (χ0n) is 18.8. The minimum atomic E-state index is -0.0313. The van der Waals surface area contributed by atoms with Gasteiger partial charge in [0.2, 0.25) is 0 Å². The van der Waals surface area contributed by atoms with Crippen LogP contribution in [0.1, 0.15) is 52.7 Å². The molecule has 0 spiro atoms. The van der Waals surface area contributed by atoms with E-state index in [0.717, 1.165) is 33.5 Å². The van der Waals surface area contributed by atoms with Crippen molar-refractivity contribution >= 4 is 11.0 Å². The molecule has 0 saturated carbocycles. The Balaban J connectivity index is 2.12. The molecular formula is C28H30N2. The Morgan fingerprint density at radius 2 is 1.07 bits per heavy atom. The average Bonchev–Trinajstić information content (AvgIpc) is 2.72. The molecule has 0 N–H and O–H groups in total. The SMILES string of the molecule is CC(C)(C)c1cc(C(C)(C)C)c2nc(-c3ccccc3)c(-c3ccccc3)nc2c1. The lowest BCUT2D eigenvalue weighted by Gasteiger charge is -2.26. The second-order valence-electron chi connectivity index (χ2n) is 10.0. The lowest BCUT2D eigenvalue weighted by atomic mass is 9.79. The summed E-state index contributed by atoms with van der Waals surface area (Å²) in [7, 11) is 0. The Morgan fingerprint density at radius 3 is 1.53 bits per heavy atom. The van der Waals surface area contributed by atoms with Gasteiger partial charge in [0.1, 0.15) is 0 Å². The topological polar surface area (TPSA) is 25.8 Å². The van der Waals surface area contributed by atoms with E-state index < -0.39 is 0 Å². The molecule has 30 heavy (non-hydrogen) atoms.